The Morgan fingerprint density at radius 2 is 0.767 bits per heavy atom. The molecule has 6 saturated heterocycles. The molecule has 14 rings (SSSR count). The molecule has 0 spiro atoms. The monoisotopic (exact) mass is 1420 g/mol. The largest absolute Gasteiger partial charge is 0.397 e. The Morgan fingerprint density at radius 1 is 0.456 bits per heavy atom. The number of nitrogens with zero attached hydrogens (tertiary/aromatic N) is 16. The van der Waals surface area contributed by atoms with Crippen molar-refractivity contribution in [2.45, 2.75) is 98.4 Å². The number of aromatic amines is 2. The fourth-order valence-corrected chi connectivity index (χ4v) is 15.8. The summed E-state index contributed by atoms with van der Waals surface area (Å²) in [6.07, 6.45) is -24.6. The molecule has 90 heavy (non-hydrogen) atoms. The first-order valence-corrected chi connectivity index (χ1v) is 35.9. The van der Waals surface area contributed by atoms with Crippen molar-refractivity contribution in [2.75, 3.05) is 49.4 Å². The number of nitrogens with two attached hydrogens (primary N) is 4. The molecule has 20 atom stereocenters. The van der Waals surface area contributed by atoms with Gasteiger partial charge in [-0.2, -0.15) is 28.7 Å². The molecule has 40 nitrogen and oxygen atoms in total. The van der Waals surface area contributed by atoms with Crippen molar-refractivity contribution >= 4 is 142 Å². The van der Waals surface area contributed by atoms with Crippen LogP contribution in [0.2, 0.25) is 0 Å². The van der Waals surface area contributed by atoms with Crippen molar-refractivity contribution in [1.29, 1.82) is 0 Å². The molecular formula is C38H42F4N22O18P4S4. The van der Waals surface area contributed by atoms with Gasteiger partial charge in [-0.05, 0) is 59.4 Å². The normalized spacial score (nSPS) is 37.7. The Bertz CT molecular complexity index is 4180. The first kappa shape index (κ1) is 63.3. The van der Waals surface area contributed by atoms with E-state index in [4.69, 9.17) is 125 Å². The molecule has 4 bridgehead atoms. The predicted molar refractivity (Wildman–Crippen MR) is 305 cm³/mol. The van der Waals surface area contributed by atoms with Crippen LogP contribution in [0.4, 0.5) is 40.8 Å². The third-order valence-electron chi connectivity index (χ3n) is 14.1. The van der Waals surface area contributed by atoms with E-state index in [1.807, 2.05) is 0 Å². The fraction of sp³-hybridized carbons (Fsp3) is 0.526. The van der Waals surface area contributed by atoms with Crippen LogP contribution in [0.5, 0.6) is 0 Å². The minimum absolute atomic E-state index is 0.0836. The van der Waals surface area contributed by atoms with Crippen molar-refractivity contribution in [1.82, 2.24) is 89.9 Å². The lowest BCUT2D eigenvalue weighted by molar-refractivity contribution is -0.0652. The molecule has 8 aromatic heterocycles. The molecular weight excluding hydrogens is 1380 g/mol. The summed E-state index contributed by atoms with van der Waals surface area (Å²) in [7, 11) is 0. The third-order valence-corrected chi connectivity index (χ3v) is 20.4. The van der Waals surface area contributed by atoms with Gasteiger partial charge in [0.25, 0.3) is 11.1 Å². The van der Waals surface area contributed by atoms with E-state index in [0.717, 1.165) is 18.7 Å². The zero-order chi connectivity index (χ0) is 63.7. The Balaban J connectivity index is 0.000000165. The van der Waals surface area contributed by atoms with Crippen molar-refractivity contribution < 1.29 is 92.3 Å². The minimum atomic E-state index is -4.38. The number of ether oxygens (including phenoxy) is 4. The van der Waals surface area contributed by atoms with Crippen LogP contribution < -0.4 is 34.1 Å². The highest BCUT2D eigenvalue weighted by Gasteiger charge is 2.57. The van der Waals surface area contributed by atoms with Crippen LogP contribution in [0.15, 0.2) is 34.1 Å². The minimum Gasteiger partial charge on any atom is -0.397 e. The summed E-state index contributed by atoms with van der Waals surface area (Å²) in [5.74, 6) is -0.597. The van der Waals surface area contributed by atoms with E-state index in [1.165, 1.54) is 24.5 Å². The number of alkyl halides is 4. The zero-order valence-electron chi connectivity index (χ0n) is 44.3. The lowest BCUT2D eigenvalue weighted by atomic mass is 10.1. The van der Waals surface area contributed by atoms with Crippen molar-refractivity contribution in [2.24, 2.45) is 0 Å². The van der Waals surface area contributed by atoms with Crippen LogP contribution in [-0.2, 0) is 102 Å². The molecule has 52 heteroatoms. The van der Waals surface area contributed by atoms with Gasteiger partial charge in [0.15, 0.2) is 94.3 Å². The van der Waals surface area contributed by atoms with Gasteiger partial charge < -0.3 is 79.6 Å². The number of fused-ring (bicyclic) bond motifs is 10. The Kier molecular flexibility index (Phi) is 16.8. The van der Waals surface area contributed by atoms with Crippen LogP contribution >= 0.6 is 26.9 Å². The number of aromatic nitrogens is 18. The first-order chi connectivity index (χ1) is 42.6. The lowest BCUT2D eigenvalue weighted by Crippen LogP contribution is -2.34. The molecule has 14 N–H and O–H groups in total. The maximum atomic E-state index is 16.0. The molecule has 0 radical (unpaired) electrons. The standard InChI is InChI=1S/2C19H21F2N11O9P2S2/c2*20-8-6-3-36-42(34,44)40-12-7(39-17(9(12)21)31-14-10(27-29-31)5(22)1-2-24-14)4-37-43(35,45)41-13(8)18(38-6)32-15-11(28-30-32)16(33)26-19(23)25-15/h2*1-2,6-9,12-13,17-18H,3-4H2,(H2,22,24)(H,34,44)(H,35,45)(H3,23,25,26,33)/t2*6-,7-,8-,9+,12-,13-,17-,18-,42?,43?/m11/s1. The van der Waals surface area contributed by atoms with Crippen LogP contribution in [0.1, 0.15) is 24.9 Å². The number of nitrogens with one attached hydrogen (secondary N) is 2. The molecule has 0 aromatic carbocycles. The Hall–Kier alpha value is -5.46. The average Bonchev–Trinajstić information content (AvgIpc) is 1.81. The van der Waals surface area contributed by atoms with Gasteiger partial charge in [0.1, 0.15) is 48.8 Å². The van der Waals surface area contributed by atoms with Gasteiger partial charge in [-0.1, -0.05) is 20.9 Å². The highest BCUT2D eigenvalue weighted by molar-refractivity contribution is 8.08. The zero-order valence-corrected chi connectivity index (χ0v) is 51.1. The van der Waals surface area contributed by atoms with Crippen molar-refractivity contribution in [3.05, 3.63) is 45.2 Å². The van der Waals surface area contributed by atoms with Gasteiger partial charge in [0.2, 0.25) is 11.9 Å². The molecule has 0 aliphatic carbocycles. The number of hydrogen-bond donors (Lipinski definition) is 10. The van der Waals surface area contributed by atoms with Crippen LogP contribution in [-0.4, -0.2) is 209 Å². The second kappa shape index (κ2) is 23.8. The second-order valence-corrected chi connectivity index (χ2v) is 31.1. The number of halogens is 4. The van der Waals surface area contributed by atoms with Gasteiger partial charge in [0, 0.05) is 12.4 Å². The van der Waals surface area contributed by atoms with Gasteiger partial charge >= 0.3 is 26.9 Å². The van der Waals surface area contributed by atoms with E-state index < -0.39 is 163 Å². The summed E-state index contributed by atoms with van der Waals surface area (Å²) >= 11 is 20.5. The maximum absolute atomic E-state index is 16.0. The SMILES string of the molecule is Nc1nc2c(nnn2[C@@H]2O[C@@H]3COP(O)(=S)O[C@H]4[C@H](F)[C@H](n5nnc6c(N)ccnc65)O[C@@H]4COP(O)(=S)O[C@@H]2[C@@H]3F)c(=O)[nH]1.Nc1nc2c(nnn2[C@@H]2O[C@@H]3COP(O)(=S)O[C@H]4[C@H](F)[C@H](n5nnc6c(N)ccnc65)O[C@@H]4COP(O)(=S)O[C@@H]2[C@@H]3F)c(=O)[nH]1. The molecule has 6 fully saturated rings. The quantitative estimate of drug-likeness (QED) is 0.0707. The van der Waals surface area contributed by atoms with Crippen molar-refractivity contribution in [3.63, 3.8) is 0 Å². The molecule has 0 saturated carbocycles. The average molecular weight is 1420 g/mol. The molecule has 6 aliphatic rings. The smallest absolute Gasteiger partial charge is 0.325 e. The molecule has 0 amide bonds. The summed E-state index contributed by atoms with van der Waals surface area (Å²) in [5, 5.41) is 30.7. The molecule has 8 aromatic rings. The van der Waals surface area contributed by atoms with E-state index in [9.17, 15) is 29.2 Å². The number of nitrogen functional groups attached to an aromatic ring is 4. The summed E-state index contributed by atoms with van der Waals surface area (Å²) in [4.78, 5) is 88.9. The third kappa shape index (κ3) is 11.9. The topological polar surface area (TPSA) is 536 Å². The lowest BCUT2D eigenvalue weighted by Gasteiger charge is -2.27. The summed E-state index contributed by atoms with van der Waals surface area (Å²) in [6, 6.07) is 2.95. The van der Waals surface area contributed by atoms with Crippen LogP contribution in [0, 0.1) is 0 Å². The number of hydrogen-bond acceptors (Lipinski definition) is 34. The number of H-pyrrole nitrogens is 2. The highest BCUT2D eigenvalue weighted by atomic mass is 32.5. The fourth-order valence-electron chi connectivity index (χ4n) is 10.1. The van der Waals surface area contributed by atoms with Crippen molar-refractivity contribution in [3.8, 4) is 0 Å². The number of rotatable bonds is 4. The molecule has 14 heterocycles. The highest BCUT2D eigenvalue weighted by Crippen LogP contribution is 2.57. The molecule has 484 valence electrons. The Morgan fingerprint density at radius 3 is 1.13 bits per heavy atom. The molecule has 6 aliphatic heterocycles. The van der Waals surface area contributed by atoms with Gasteiger partial charge in [0.05, 0.1) is 37.8 Å². The molecule has 4 unspecified atom stereocenters. The van der Waals surface area contributed by atoms with Gasteiger partial charge in [-0.25, -0.2) is 27.5 Å². The van der Waals surface area contributed by atoms with E-state index in [2.05, 4.69) is 71.2 Å². The van der Waals surface area contributed by atoms with Crippen LogP contribution in [0.25, 0.3) is 44.7 Å². The predicted octanol–water partition coefficient (Wildman–Crippen LogP) is -1.52. The second-order valence-electron chi connectivity index (χ2n) is 19.9. The van der Waals surface area contributed by atoms with Crippen LogP contribution in [0.3, 0.4) is 0 Å². The number of anilines is 4. The summed E-state index contributed by atoms with van der Waals surface area (Å²) in [5.41, 5.74) is 21.7. The number of pyridine rings is 2. The maximum Gasteiger partial charge on any atom is 0.325 e. The summed E-state index contributed by atoms with van der Waals surface area (Å²) in [6.45, 7) is -20.3. The van der Waals surface area contributed by atoms with E-state index in [1.54, 1.807) is 0 Å². The summed E-state index contributed by atoms with van der Waals surface area (Å²) < 4.78 is 134. The first-order valence-electron chi connectivity index (χ1n) is 25.6. The van der Waals surface area contributed by atoms with E-state index in [0.29, 0.717) is 0 Å². The van der Waals surface area contributed by atoms with Gasteiger partial charge in [-0.15, -0.1) is 20.4 Å². The van der Waals surface area contributed by atoms with E-state index >= 15 is 17.6 Å². The van der Waals surface area contributed by atoms with E-state index in [-0.39, 0.29) is 67.9 Å². The Labute approximate surface area is 515 Å². The van der Waals surface area contributed by atoms with Gasteiger partial charge in [-0.3, -0.25) is 37.7 Å².